The Balaban J connectivity index is 1.93. The van der Waals surface area contributed by atoms with Crippen molar-refractivity contribution in [1.29, 1.82) is 0 Å². The van der Waals surface area contributed by atoms with Crippen molar-refractivity contribution in [3.8, 4) is 23.0 Å². The molecule has 6 nitrogen and oxygen atoms in total. The van der Waals surface area contributed by atoms with E-state index in [0.717, 1.165) is 22.5 Å². The summed E-state index contributed by atoms with van der Waals surface area (Å²) >= 11 is 0. The number of rotatable bonds is 5. The molecule has 0 fully saturated rings. The number of ether oxygens (including phenoxy) is 2. The molecule has 3 rings (SSSR count). The van der Waals surface area contributed by atoms with Gasteiger partial charge in [0, 0.05) is 23.6 Å². The van der Waals surface area contributed by atoms with Crippen molar-refractivity contribution >= 4 is 11.4 Å². The molecule has 116 valence electrons. The first-order valence-corrected chi connectivity index (χ1v) is 7.02. The highest BCUT2D eigenvalue weighted by molar-refractivity contribution is 5.72. The van der Waals surface area contributed by atoms with E-state index in [4.69, 9.17) is 9.47 Å². The second-order valence-corrected chi connectivity index (χ2v) is 4.73. The fraction of sp³-hybridized carbons (Fsp3) is 0.118. The Morgan fingerprint density at radius 1 is 0.913 bits per heavy atom. The van der Waals surface area contributed by atoms with Crippen LogP contribution in [0.4, 0.5) is 11.4 Å². The normalized spacial score (nSPS) is 10.2. The molecular formula is C17H16N4O2. The summed E-state index contributed by atoms with van der Waals surface area (Å²) in [4.78, 5) is 12.6. The zero-order chi connectivity index (χ0) is 16.1. The molecule has 0 aliphatic carbocycles. The van der Waals surface area contributed by atoms with Crippen LogP contribution in [0.25, 0.3) is 11.1 Å². The van der Waals surface area contributed by atoms with Crippen LogP contribution in [0.15, 0.2) is 55.0 Å². The highest BCUT2D eigenvalue weighted by Crippen LogP contribution is 2.30. The van der Waals surface area contributed by atoms with Crippen molar-refractivity contribution in [3.63, 3.8) is 0 Å². The van der Waals surface area contributed by atoms with Gasteiger partial charge in [0.25, 0.3) is 0 Å². The van der Waals surface area contributed by atoms with Gasteiger partial charge in [-0.15, -0.1) is 0 Å². The topological polar surface area (TPSA) is 69.2 Å². The van der Waals surface area contributed by atoms with E-state index >= 15 is 0 Å². The van der Waals surface area contributed by atoms with Gasteiger partial charge in [-0.05, 0) is 18.2 Å². The van der Waals surface area contributed by atoms with Crippen LogP contribution < -0.4 is 14.8 Å². The third-order valence-electron chi connectivity index (χ3n) is 3.22. The summed E-state index contributed by atoms with van der Waals surface area (Å²) in [6.45, 7) is 0. The lowest BCUT2D eigenvalue weighted by atomic mass is 10.1. The number of anilines is 2. The van der Waals surface area contributed by atoms with Crippen molar-refractivity contribution in [2.24, 2.45) is 0 Å². The Hall–Kier alpha value is -3.15. The van der Waals surface area contributed by atoms with Gasteiger partial charge >= 0.3 is 6.01 Å². The van der Waals surface area contributed by atoms with Crippen LogP contribution in [0, 0.1) is 0 Å². The van der Waals surface area contributed by atoms with Crippen LogP contribution >= 0.6 is 0 Å². The molecule has 0 radical (unpaired) electrons. The fourth-order valence-corrected chi connectivity index (χ4v) is 2.15. The summed E-state index contributed by atoms with van der Waals surface area (Å²) in [5.74, 6) is 0.440. The summed E-state index contributed by atoms with van der Waals surface area (Å²) in [5, 5.41) is 3.31. The lowest BCUT2D eigenvalue weighted by molar-refractivity contribution is 0.353. The average Bonchev–Trinajstić information content (AvgIpc) is 2.62. The van der Waals surface area contributed by atoms with Gasteiger partial charge in [0.15, 0.2) is 0 Å². The molecule has 1 aromatic carbocycles. The SMILES string of the molecule is COc1ncc(-c2cncc(Nc3ccccc3)c2)c(OC)n1. The number of nitrogens with zero attached hydrogens (tertiary/aromatic N) is 3. The largest absolute Gasteiger partial charge is 0.480 e. The summed E-state index contributed by atoms with van der Waals surface area (Å²) in [6, 6.07) is 12.1. The number of pyridine rings is 1. The quantitative estimate of drug-likeness (QED) is 0.780. The summed E-state index contributed by atoms with van der Waals surface area (Å²) in [6.07, 6.45) is 5.16. The van der Waals surface area contributed by atoms with Gasteiger partial charge in [0.1, 0.15) is 0 Å². The second-order valence-electron chi connectivity index (χ2n) is 4.73. The number of benzene rings is 1. The van der Waals surface area contributed by atoms with E-state index in [2.05, 4.69) is 20.3 Å². The van der Waals surface area contributed by atoms with Gasteiger partial charge < -0.3 is 14.8 Å². The third-order valence-corrected chi connectivity index (χ3v) is 3.22. The van der Waals surface area contributed by atoms with Gasteiger partial charge in [0.05, 0.1) is 31.7 Å². The molecule has 0 saturated carbocycles. The minimum atomic E-state index is 0.261. The maximum absolute atomic E-state index is 5.32. The van der Waals surface area contributed by atoms with Gasteiger partial charge in [0.2, 0.25) is 5.88 Å². The zero-order valence-electron chi connectivity index (χ0n) is 12.9. The Morgan fingerprint density at radius 2 is 1.74 bits per heavy atom. The van der Waals surface area contributed by atoms with Gasteiger partial charge in [-0.25, -0.2) is 4.98 Å². The molecule has 0 bridgehead atoms. The maximum atomic E-state index is 5.32. The van der Waals surface area contributed by atoms with Crippen molar-refractivity contribution in [3.05, 3.63) is 55.0 Å². The van der Waals surface area contributed by atoms with Crippen LogP contribution in [0.1, 0.15) is 0 Å². The van der Waals surface area contributed by atoms with E-state index in [-0.39, 0.29) is 6.01 Å². The van der Waals surface area contributed by atoms with Gasteiger partial charge in [-0.2, -0.15) is 4.98 Å². The molecule has 6 heteroatoms. The molecule has 2 heterocycles. The van der Waals surface area contributed by atoms with Crippen molar-refractivity contribution in [2.45, 2.75) is 0 Å². The fourth-order valence-electron chi connectivity index (χ4n) is 2.15. The van der Waals surface area contributed by atoms with E-state index in [0.29, 0.717) is 5.88 Å². The van der Waals surface area contributed by atoms with Crippen molar-refractivity contribution in [1.82, 2.24) is 15.0 Å². The van der Waals surface area contributed by atoms with E-state index in [9.17, 15) is 0 Å². The molecule has 0 saturated heterocycles. The Morgan fingerprint density at radius 3 is 2.48 bits per heavy atom. The number of hydrogen-bond donors (Lipinski definition) is 1. The molecule has 1 N–H and O–H groups in total. The van der Waals surface area contributed by atoms with Crippen LogP contribution in [-0.4, -0.2) is 29.2 Å². The number of para-hydroxylation sites is 1. The molecule has 2 aromatic heterocycles. The third kappa shape index (κ3) is 3.37. The molecule has 0 unspecified atom stereocenters. The number of aromatic nitrogens is 3. The Bertz CT molecular complexity index is 794. The first-order valence-electron chi connectivity index (χ1n) is 7.02. The highest BCUT2D eigenvalue weighted by Gasteiger charge is 2.11. The smallest absolute Gasteiger partial charge is 0.319 e. The molecule has 0 amide bonds. The lowest BCUT2D eigenvalue weighted by Crippen LogP contribution is -1.98. The highest BCUT2D eigenvalue weighted by atomic mass is 16.5. The average molecular weight is 308 g/mol. The molecule has 0 atom stereocenters. The van der Waals surface area contributed by atoms with E-state index in [1.54, 1.807) is 25.7 Å². The maximum Gasteiger partial charge on any atom is 0.319 e. The van der Waals surface area contributed by atoms with Gasteiger partial charge in [-0.1, -0.05) is 18.2 Å². The van der Waals surface area contributed by atoms with Crippen LogP contribution in [0.2, 0.25) is 0 Å². The number of hydrogen-bond acceptors (Lipinski definition) is 6. The van der Waals surface area contributed by atoms with E-state index < -0.39 is 0 Å². The monoisotopic (exact) mass is 308 g/mol. The molecule has 0 spiro atoms. The van der Waals surface area contributed by atoms with E-state index in [1.165, 1.54) is 7.11 Å². The van der Waals surface area contributed by atoms with Crippen LogP contribution in [-0.2, 0) is 0 Å². The minimum Gasteiger partial charge on any atom is -0.480 e. The van der Waals surface area contributed by atoms with Crippen LogP contribution in [0.5, 0.6) is 11.9 Å². The molecule has 3 aromatic rings. The molecule has 0 aliphatic rings. The first kappa shape index (κ1) is 14.8. The zero-order valence-corrected chi connectivity index (χ0v) is 12.9. The standard InChI is InChI=1S/C17H16N4O2/c1-22-16-15(11-19-17(21-16)23-2)12-8-14(10-18-9-12)20-13-6-4-3-5-7-13/h3-11,20H,1-2H3. The first-order chi connectivity index (χ1) is 11.3. The summed E-state index contributed by atoms with van der Waals surface area (Å²) < 4.78 is 10.3. The minimum absolute atomic E-state index is 0.261. The Kier molecular flexibility index (Phi) is 4.33. The Labute approximate surface area is 134 Å². The van der Waals surface area contributed by atoms with E-state index in [1.807, 2.05) is 36.4 Å². The predicted octanol–water partition coefficient (Wildman–Crippen LogP) is 3.30. The molecule has 0 aliphatic heterocycles. The predicted molar refractivity (Wildman–Crippen MR) is 88.1 cm³/mol. The number of methoxy groups -OCH3 is 2. The second kappa shape index (κ2) is 6.74. The molecular weight excluding hydrogens is 292 g/mol. The van der Waals surface area contributed by atoms with Gasteiger partial charge in [-0.3, -0.25) is 4.98 Å². The summed E-state index contributed by atoms with van der Waals surface area (Å²) in [5.41, 5.74) is 3.46. The molecule has 23 heavy (non-hydrogen) atoms. The van der Waals surface area contributed by atoms with Crippen LogP contribution in [0.3, 0.4) is 0 Å². The summed E-state index contributed by atoms with van der Waals surface area (Å²) in [7, 11) is 3.07. The van der Waals surface area contributed by atoms with Crippen molar-refractivity contribution in [2.75, 3.05) is 19.5 Å². The van der Waals surface area contributed by atoms with Crippen molar-refractivity contribution < 1.29 is 9.47 Å². The lowest BCUT2D eigenvalue weighted by Gasteiger charge is -2.10. The number of nitrogens with one attached hydrogen (secondary N) is 1.